The molecule has 1 aromatic heterocycles. The number of ether oxygens (including phenoxy) is 1. The Bertz CT molecular complexity index is 1240. The van der Waals surface area contributed by atoms with Crippen molar-refractivity contribution in [2.24, 2.45) is 0 Å². The molecule has 0 aliphatic carbocycles. The number of hydrogen-bond acceptors (Lipinski definition) is 7. The molecule has 12 heteroatoms. The Labute approximate surface area is 202 Å². The molecule has 1 atom stereocenters. The standard InChI is InChI=1S/C23H27F2N5O4S/c1-28(13-18-2-5-20(6-3-18)35(32,33)30-8-10-34-11-9-30)14-23(31,15-29-17-26-16-27-29)21-7-4-19(24)12-22(21)25/h2-7,12,16-17,31H,8-11,13-15H2,1H3. The van der Waals surface area contributed by atoms with Crippen molar-refractivity contribution in [2.45, 2.75) is 23.6 Å². The van der Waals surface area contributed by atoms with Crippen LogP contribution in [-0.4, -0.2) is 77.4 Å². The summed E-state index contributed by atoms with van der Waals surface area (Å²) in [6, 6.07) is 9.57. The maximum Gasteiger partial charge on any atom is 0.243 e. The molecule has 3 aromatic rings. The fourth-order valence-corrected chi connectivity index (χ4v) is 5.59. The molecule has 4 rings (SSSR count). The summed E-state index contributed by atoms with van der Waals surface area (Å²) >= 11 is 0. The van der Waals surface area contributed by atoms with E-state index < -0.39 is 27.3 Å². The van der Waals surface area contributed by atoms with Gasteiger partial charge in [0.1, 0.15) is 29.9 Å². The van der Waals surface area contributed by atoms with Crippen molar-refractivity contribution >= 4 is 10.0 Å². The van der Waals surface area contributed by atoms with Crippen molar-refractivity contribution in [1.82, 2.24) is 24.0 Å². The van der Waals surface area contributed by atoms with E-state index in [0.717, 1.165) is 17.7 Å². The van der Waals surface area contributed by atoms with Crippen LogP contribution in [0.25, 0.3) is 0 Å². The summed E-state index contributed by atoms with van der Waals surface area (Å²) in [5.41, 5.74) is -0.996. The summed E-state index contributed by atoms with van der Waals surface area (Å²) in [6.45, 7) is 1.61. The number of rotatable bonds is 9. The highest BCUT2D eigenvalue weighted by Crippen LogP contribution is 2.28. The van der Waals surface area contributed by atoms with Gasteiger partial charge in [-0.25, -0.2) is 26.9 Å². The number of morpholine rings is 1. The second-order valence-corrected chi connectivity index (χ2v) is 10.5. The highest BCUT2D eigenvalue weighted by atomic mass is 32.2. The Morgan fingerprint density at radius 2 is 1.86 bits per heavy atom. The fraction of sp³-hybridized carbons (Fsp3) is 0.391. The molecule has 1 N–H and O–H groups in total. The van der Waals surface area contributed by atoms with Gasteiger partial charge in [-0.3, -0.25) is 4.90 Å². The van der Waals surface area contributed by atoms with Crippen molar-refractivity contribution in [1.29, 1.82) is 0 Å². The highest BCUT2D eigenvalue weighted by molar-refractivity contribution is 7.89. The molecule has 0 spiro atoms. The van der Waals surface area contributed by atoms with E-state index in [1.807, 2.05) is 0 Å². The van der Waals surface area contributed by atoms with E-state index in [1.54, 1.807) is 36.2 Å². The van der Waals surface area contributed by atoms with E-state index >= 15 is 0 Å². The minimum atomic E-state index is -3.60. The molecule has 2 aromatic carbocycles. The van der Waals surface area contributed by atoms with Gasteiger partial charge in [-0.2, -0.15) is 9.40 Å². The lowest BCUT2D eigenvalue weighted by atomic mass is 9.92. The Balaban J connectivity index is 1.50. The van der Waals surface area contributed by atoms with Gasteiger partial charge in [0.2, 0.25) is 10.0 Å². The van der Waals surface area contributed by atoms with Gasteiger partial charge in [-0.05, 0) is 30.8 Å². The van der Waals surface area contributed by atoms with Crippen molar-refractivity contribution in [3.05, 3.63) is 77.9 Å². The van der Waals surface area contributed by atoms with Crippen molar-refractivity contribution in [3.63, 3.8) is 0 Å². The number of sulfonamides is 1. The van der Waals surface area contributed by atoms with Crippen LogP contribution in [0.5, 0.6) is 0 Å². The molecule has 35 heavy (non-hydrogen) atoms. The largest absolute Gasteiger partial charge is 0.382 e. The molecule has 1 saturated heterocycles. The second kappa shape index (κ2) is 10.5. The lowest BCUT2D eigenvalue weighted by Crippen LogP contribution is -2.43. The lowest BCUT2D eigenvalue weighted by molar-refractivity contribution is -0.0175. The number of hydrogen-bond donors (Lipinski definition) is 1. The topological polar surface area (TPSA) is 101 Å². The third kappa shape index (κ3) is 5.90. The average Bonchev–Trinajstić information content (AvgIpc) is 3.32. The Morgan fingerprint density at radius 1 is 1.14 bits per heavy atom. The predicted octanol–water partition coefficient (Wildman–Crippen LogP) is 1.60. The number of benzene rings is 2. The number of halogens is 2. The third-order valence-electron chi connectivity index (χ3n) is 5.84. The molecule has 1 fully saturated rings. The molecule has 1 aliphatic rings. The Hall–Kier alpha value is -2.77. The molecule has 0 saturated carbocycles. The van der Waals surface area contributed by atoms with Crippen LogP contribution in [0.3, 0.4) is 0 Å². The minimum Gasteiger partial charge on any atom is -0.382 e. The van der Waals surface area contributed by atoms with Crippen molar-refractivity contribution < 1.29 is 27.0 Å². The highest BCUT2D eigenvalue weighted by Gasteiger charge is 2.35. The van der Waals surface area contributed by atoms with E-state index in [1.165, 1.54) is 27.7 Å². The molecule has 0 radical (unpaired) electrons. The van der Waals surface area contributed by atoms with Gasteiger partial charge in [0.15, 0.2) is 0 Å². The predicted molar refractivity (Wildman–Crippen MR) is 123 cm³/mol. The molecule has 188 valence electrons. The van der Waals surface area contributed by atoms with Crippen LogP contribution >= 0.6 is 0 Å². The lowest BCUT2D eigenvalue weighted by Gasteiger charge is -2.33. The zero-order chi connectivity index (χ0) is 25.1. The summed E-state index contributed by atoms with van der Waals surface area (Å²) in [7, 11) is -1.86. The first kappa shape index (κ1) is 25.3. The number of nitrogens with zero attached hydrogens (tertiary/aromatic N) is 5. The average molecular weight is 508 g/mol. The molecule has 0 amide bonds. The number of aromatic nitrogens is 3. The maximum absolute atomic E-state index is 14.6. The molecule has 1 unspecified atom stereocenters. The van der Waals surface area contributed by atoms with Gasteiger partial charge in [0.25, 0.3) is 0 Å². The van der Waals surface area contributed by atoms with E-state index in [4.69, 9.17) is 4.74 Å². The van der Waals surface area contributed by atoms with Gasteiger partial charge in [-0.1, -0.05) is 18.2 Å². The SMILES string of the molecule is CN(Cc1ccc(S(=O)(=O)N2CCOCC2)cc1)CC(O)(Cn1cncn1)c1ccc(F)cc1F. The van der Waals surface area contributed by atoms with Crippen LogP contribution in [0.1, 0.15) is 11.1 Å². The van der Waals surface area contributed by atoms with Crippen LogP contribution < -0.4 is 0 Å². The first-order valence-electron chi connectivity index (χ1n) is 11.0. The molecule has 0 bridgehead atoms. The zero-order valence-electron chi connectivity index (χ0n) is 19.2. The number of aliphatic hydroxyl groups is 1. The Kier molecular flexibility index (Phi) is 7.57. The van der Waals surface area contributed by atoms with E-state index in [9.17, 15) is 22.3 Å². The molecule has 9 nitrogen and oxygen atoms in total. The third-order valence-corrected chi connectivity index (χ3v) is 7.75. The van der Waals surface area contributed by atoms with Gasteiger partial charge < -0.3 is 9.84 Å². The molecule has 1 aliphatic heterocycles. The molecular weight excluding hydrogens is 480 g/mol. The van der Waals surface area contributed by atoms with Gasteiger partial charge in [-0.15, -0.1) is 0 Å². The first-order chi connectivity index (χ1) is 16.7. The van der Waals surface area contributed by atoms with Crippen LogP contribution in [0.4, 0.5) is 8.78 Å². The maximum atomic E-state index is 14.6. The minimum absolute atomic E-state index is 0.0107. The van der Waals surface area contributed by atoms with E-state index in [-0.39, 0.29) is 23.5 Å². The normalized spacial score (nSPS) is 16.9. The van der Waals surface area contributed by atoms with E-state index in [0.29, 0.717) is 32.8 Å². The summed E-state index contributed by atoms with van der Waals surface area (Å²) in [4.78, 5) is 5.82. The second-order valence-electron chi connectivity index (χ2n) is 8.58. The first-order valence-corrected chi connectivity index (χ1v) is 12.5. The molecular formula is C23H27F2N5O4S. The monoisotopic (exact) mass is 507 g/mol. The summed E-state index contributed by atoms with van der Waals surface area (Å²) in [5.74, 6) is -1.60. The summed E-state index contributed by atoms with van der Waals surface area (Å²) in [5, 5.41) is 15.5. The fourth-order valence-electron chi connectivity index (χ4n) is 4.19. The van der Waals surface area contributed by atoms with Gasteiger partial charge in [0.05, 0.1) is 24.7 Å². The van der Waals surface area contributed by atoms with Gasteiger partial charge in [0, 0.05) is 37.8 Å². The smallest absolute Gasteiger partial charge is 0.243 e. The van der Waals surface area contributed by atoms with Gasteiger partial charge >= 0.3 is 0 Å². The number of likely N-dealkylation sites (N-methyl/N-ethyl adjacent to an activating group) is 1. The van der Waals surface area contributed by atoms with Crippen molar-refractivity contribution in [2.75, 3.05) is 39.9 Å². The summed E-state index contributed by atoms with van der Waals surface area (Å²) in [6.07, 6.45) is 2.71. The molecule has 2 heterocycles. The van der Waals surface area contributed by atoms with Crippen LogP contribution in [-0.2, 0) is 33.5 Å². The Morgan fingerprint density at radius 3 is 2.49 bits per heavy atom. The summed E-state index contributed by atoms with van der Waals surface area (Å²) < 4.78 is 61.8. The van der Waals surface area contributed by atoms with Crippen molar-refractivity contribution in [3.8, 4) is 0 Å². The van der Waals surface area contributed by atoms with Crippen LogP contribution in [0, 0.1) is 11.6 Å². The van der Waals surface area contributed by atoms with Crippen LogP contribution in [0.15, 0.2) is 60.0 Å². The zero-order valence-corrected chi connectivity index (χ0v) is 20.0. The quantitative estimate of drug-likeness (QED) is 0.470. The van der Waals surface area contributed by atoms with E-state index in [2.05, 4.69) is 10.1 Å². The van der Waals surface area contributed by atoms with Crippen LogP contribution in [0.2, 0.25) is 0 Å².